The van der Waals surface area contributed by atoms with E-state index >= 15 is 0 Å². The third-order valence-corrected chi connectivity index (χ3v) is 3.85. The summed E-state index contributed by atoms with van der Waals surface area (Å²) in [5.41, 5.74) is 0.322. The highest BCUT2D eigenvalue weighted by Gasteiger charge is 2.42. The van der Waals surface area contributed by atoms with Gasteiger partial charge in [0.1, 0.15) is 0 Å². The number of hydrogen-bond donors (Lipinski definition) is 1. The van der Waals surface area contributed by atoms with Crippen LogP contribution in [0.2, 0.25) is 0 Å². The summed E-state index contributed by atoms with van der Waals surface area (Å²) in [6, 6.07) is 0. The van der Waals surface area contributed by atoms with Gasteiger partial charge in [-0.1, -0.05) is 13.8 Å². The standard InChI is InChI=1S/C13H25NO/c1-11(2)9-14-10-12-4-7-15-13(8-12)5-3-6-13/h11-12,14H,3-10H2,1-2H3. The topological polar surface area (TPSA) is 21.3 Å². The first kappa shape index (κ1) is 11.4. The quantitative estimate of drug-likeness (QED) is 0.771. The van der Waals surface area contributed by atoms with Crippen LogP contribution in [0, 0.1) is 11.8 Å². The van der Waals surface area contributed by atoms with Crippen molar-refractivity contribution in [3.05, 3.63) is 0 Å². The summed E-state index contributed by atoms with van der Waals surface area (Å²) in [7, 11) is 0. The average Bonchev–Trinajstić information content (AvgIpc) is 2.15. The maximum atomic E-state index is 5.93. The van der Waals surface area contributed by atoms with Crippen LogP contribution in [0.15, 0.2) is 0 Å². The highest BCUT2D eigenvalue weighted by Crippen LogP contribution is 2.43. The lowest BCUT2D eigenvalue weighted by Crippen LogP contribution is -2.47. The summed E-state index contributed by atoms with van der Waals surface area (Å²) in [6.07, 6.45) is 6.57. The Morgan fingerprint density at radius 1 is 1.40 bits per heavy atom. The van der Waals surface area contributed by atoms with E-state index in [0.717, 1.165) is 25.0 Å². The largest absolute Gasteiger partial charge is 0.375 e. The smallest absolute Gasteiger partial charge is 0.0685 e. The van der Waals surface area contributed by atoms with Crippen molar-refractivity contribution in [3.63, 3.8) is 0 Å². The molecule has 15 heavy (non-hydrogen) atoms. The predicted molar refractivity (Wildman–Crippen MR) is 63.0 cm³/mol. The first-order chi connectivity index (χ1) is 7.20. The molecule has 0 radical (unpaired) electrons. The molecule has 0 bridgehead atoms. The molecule has 2 heteroatoms. The van der Waals surface area contributed by atoms with E-state index in [1.54, 1.807) is 0 Å². The Kier molecular flexibility index (Phi) is 3.68. The van der Waals surface area contributed by atoms with E-state index in [2.05, 4.69) is 19.2 Å². The fraction of sp³-hybridized carbons (Fsp3) is 1.00. The molecule has 0 aromatic carbocycles. The van der Waals surface area contributed by atoms with Crippen LogP contribution in [0.4, 0.5) is 0 Å². The van der Waals surface area contributed by atoms with Crippen LogP contribution in [0.25, 0.3) is 0 Å². The van der Waals surface area contributed by atoms with Gasteiger partial charge < -0.3 is 10.1 Å². The average molecular weight is 211 g/mol. The molecule has 1 saturated carbocycles. The van der Waals surface area contributed by atoms with E-state index in [-0.39, 0.29) is 0 Å². The molecule has 1 N–H and O–H groups in total. The molecule has 2 fully saturated rings. The van der Waals surface area contributed by atoms with Crippen molar-refractivity contribution in [1.29, 1.82) is 0 Å². The minimum absolute atomic E-state index is 0.322. The molecule has 2 aliphatic rings. The Morgan fingerprint density at radius 2 is 2.20 bits per heavy atom. The van der Waals surface area contributed by atoms with Crippen molar-refractivity contribution in [2.45, 2.75) is 51.6 Å². The minimum atomic E-state index is 0.322. The van der Waals surface area contributed by atoms with Gasteiger partial charge in [-0.05, 0) is 57.0 Å². The number of nitrogens with one attached hydrogen (secondary N) is 1. The van der Waals surface area contributed by atoms with Gasteiger partial charge in [-0.25, -0.2) is 0 Å². The fourth-order valence-corrected chi connectivity index (χ4v) is 2.80. The summed E-state index contributed by atoms with van der Waals surface area (Å²) < 4.78 is 5.93. The van der Waals surface area contributed by atoms with Gasteiger partial charge in [-0.15, -0.1) is 0 Å². The molecule has 1 aliphatic heterocycles. The monoisotopic (exact) mass is 211 g/mol. The summed E-state index contributed by atoms with van der Waals surface area (Å²) in [5, 5.41) is 3.58. The van der Waals surface area contributed by atoms with E-state index in [1.165, 1.54) is 38.6 Å². The maximum absolute atomic E-state index is 5.93. The molecule has 1 aliphatic carbocycles. The molecule has 1 spiro atoms. The van der Waals surface area contributed by atoms with Crippen molar-refractivity contribution in [2.24, 2.45) is 11.8 Å². The molecule has 1 saturated heterocycles. The van der Waals surface area contributed by atoms with Gasteiger partial charge in [0.25, 0.3) is 0 Å². The van der Waals surface area contributed by atoms with Crippen LogP contribution in [0.5, 0.6) is 0 Å². The van der Waals surface area contributed by atoms with Crippen LogP contribution >= 0.6 is 0 Å². The zero-order chi connectivity index (χ0) is 10.7. The molecule has 2 nitrogen and oxygen atoms in total. The summed E-state index contributed by atoms with van der Waals surface area (Å²) in [6.45, 7) is 7.89. The van der Waals surface area contributed by atoms with Gasteiger partial charge in [0, 0.05) is 6.61 Å². The Morgan fingerprint density at radius 3 is 2.80 bits per heavy atom. The molecular formula is C13H25NO. The van der Waals surface area contributed by atoms with Gasteiger partial charge >= 0.3 is 0 Å². The molecule has 88 valence electrons. The Bertz CT molecular complexity index is 199. The molecule has 0 amide bonds. The van der Waals surface area contributed by atoms with Gasteiger partial charge in [0.15, 0.2) is 0 Å². The zero-order valence-corrected chi connectivity index (χ0v) is 10.2. The second-order valence-electron chi connectivity index (χ2n) is 5.80. The number of rotatable bonds is 4. The molecule has 0 aromatic rings. The molecular weight excluding hydrogens is 186 g/mol. The third kappa shape index (κ3) is 2.94. The molecule has 1 atom stereocenters. The van der Waals surface area contributed by atoms with Crippen molar-refractivity contribution in [2.75, 3.05) is 19.7 Å². The Hall–Kier alpha value is -0.0800. The van der Waals surface area contributed by atoms with Crippen LogP contribution in [-0.2, 0) is 4.74 Å². The Labute approximate surface area is 93.8 Å². The van der Waals surface area contributed by atoms with Crippen molar-refractivity contribution >= 4 is 0 Å². The first-order valence-electron chi connectivity index (χ1n) is 6.55. The van der Waals surface area contributed by atoms with Crippen LogP contribution < -0.4 is 5.32 Å². The molecule has 1 unspecified atom stereocenters. The second-order valence-corrected chi connectivity index (χ2v) is 5.80. The van der Waals surface area contributed by atoms with Gasteiger partial charge in [0.2, 0.25) is 0 Å². The highest BCUT2D eigenvalue weighted by molar-refractivity contribution is 4.94. The van der Waals surface area contributed by atoms with Crippen LogP contribution in [-0.4, -0.2) is 25.3 Å². The van der Waals surface area contributed by atoms with Gasteiger partial charge in [-0.2, -0.15) is 0 Å². The summed E-state index contributed by atoms with van der Waals surface area (Å²) in [5.74, 6) is 1.63. The van der Waals surface area contributed by atoms with Crippen molar-refractivity contribution < 1.29 is 4.74 Å². The normalized spacial score (nSPS) is 29.4. The number of hydrogen-bond acceptors (Lipinski definition) is 2. The summed E-state index contributed by atoms with van der Waals surface area (Å²) in [4.78, 5) is 0. The van der Waals surface area contributed by atoms with E-state index in [4.69, 9.17) is 4.74 Å². The van der Waals surface area contributed by atoms with Crippen molar-refractivity contribution in [3.8, 4) is 0 Å². The van der Waals surface area contributed by atoms with Crippen LogP contribution in [0.1, 0.15) is 46.0 Å². The molecule has 1 heterocycles. The van der Waals surface area contributed by atoms with Gasteiger partial charge in [0.05, 0.1) is 5.60 Å². The Balaban J connectivity index is 1.69. The highest BCUT2D eigenvalue weighted by atomic mass is 16.5. The minimum Gasteiger partial charge on any atom is -0.375 e. The van der Waals surface area contributed by atoms with Crippen LogP contribution in [0.3, 0.4) is 0 Å². The van der Waals surface area contributed by atoms with Gasteiger partial charge in [-0.3, -0.25) is 0 Å². The first-order valence-corrected chi connectivity index (χ1v) is 6.55. The maximum Gasteiger partial charge on any atom is 0.0685 e. The molecule has 2 rings (SSSR count). The lowest BCUT2D eigenvalue weighted by atomic mass is 9.72. The fourth-order valence-electron chi connectivity index (χ4n) is 2.80. The SMILES string of the molecule is CC(C)CNCC1CCOC2(CCC2)C1. The lowest BCUT2D eigenvalue weighted by molar-refractivity contribution is -0.142. The van der Waals surface area contributed by atoms with E-state index < -0.39 is 0 Å². The predicted octanol–water partition coefficient (Wildman–Crippen LogP) is 2.58. The van der Waals surface area contributed by atoms with E-state index in [9.17, 15) is 0 Å². The van der Waals surface area contributed by atoms with E-state index in [1.807, 2.05) is 0 Å². The van der Waals surface area contributed by atoms with Crippen molar-refractivity contribution in [1.82, 2.24) is 5.32 Å². The third-order valence-electron chi connectivity index (χ3n) is 3.85. The lowest BCUT2D eigenvalue weighted by Gasteiger charge is -2.47. The molecule has 0 aromatic heterocycles. The number of ether oxygens (including phenoxy) is 1. The summed E-state index contributed by atoms with van der Waals surface area (Å²) >= 11 is 0. The second kappa shape index (κ2) is 4.84. The zero-order valence-electron chi connectivity index (χ0n) is 10.2. The van der Waals surface area contributed by atoms with E-state index in [0.29, 0.717) is 5.60 Å².